The van der Waals surface area contributed by atoms with Gasteiger partial charge in [0.1, 0.15) is 11.5 Å². The fraction of sp³-hybridized carbons (Fsp3) is 0.318. The molecule has 0 saturated carbocycles. The molecule has 3 nitrogen and oxygen atoms in total. The second kappa shape index (κ2) is 6.10. The van der Waals surface area contributed by atoms with Crippen molar-refractivity contribution < 1.29 is 9.18 Å². The zero-order chi connectivity index (χ0) is 19.4. The summed E-state index contributed by atoms with van der Waals surface area (Å²) in [7, 11) is 0. The number of nitrogens with zero attached hydrogens (tertiary/aromatic N) is 1. The molecule has 0 aliphatic carbocycles. The van der Waals surface area contributed by atoms with Gasteiger partial charge in [-0.3, -0.25) is 4.79 Å². The second-order valence-corrected chi connectivity index (χ2v) is 8.24. The van der Waals surface area contributed by atoms with Crippen molar-refractivity contribution in [1.29, 1.82) is 0 Å². The van der Waals surface area contributed by atoms with Crippen molar-refractivity contribution in [3.63, 3.8) is 0 Å². The molecule has 2 aromatic carbocycles. The van der Waals surface area contributed by atoms with Crippen LogP contribution in [0.2, 0.25) is 5.02 Å². The summed E-state index contributed by atoms with van der Waals surface area (Å²) in [5.74, 6) is -0.388. The Morgan fingerprint density at radius 3 is 2.78 bits per heavy atom. The summed E-state index contributed by atoms with van der Waals surface area (Å²) in [6.45, 7) is 6.91. The average molecular weight is 385 g/mol. The molecule has 5 heteroatoms. The summed E-state index contributed by atoms with van der Waals surface area (Å²) >= 11 is 6.21. The van der Waals surface area contributed by atoms with Crippen molar-refractivity contribution in [1.82, 2.24) is 5.32 Å². The smallest absolute Gasteiger partial charge is 0.223 e. The van der Waals surface area contributed by atoms with Crippen LogP contribution in [0.4, 0.5) is 10.1 Å². The van der Waals surface area contributed by atoms with Crippen LogP contribution in [-0.4, -0.2) is 18.1 Å². The first kappa shape index (κ1) is 18.1. The van der Waals surface area contributed by atoms with E-state index < -0.39 is 11.1 Å². The maximum atomic E-state index is 14.3. The van der Waals surface area contributed by atoms with Gasteiger partial charge in [-0.05, 0) is 36.8 Å². The minimum atomic E-state index is -0.774. The first-order chi connectivity index (χ1) is 12.8. The first-order valence-corrected chi connectivity index (χ1v) is 9.47. The van der Waals surface area contributed by atoms with E-state index in [-0.39, 0.29) is 11.7 Å². The van der Waals surface area contributed by atoms with E-state index in [1.807, 2.05) is 6.08 Å². The third-order valence-corrected chi connectivity index (χ3v) is 6.21. The number of nitrogens with one attached hydrogen (secondary N) is 1. The number of halogens is 2. The van der Waals surface area contributed by atoms with Crippen molar-refractivity contribution in [3.8, 4) is 0 Å². The van der Waals surface area contributed by atoms with Crippen LogP contribution in [0, 0.1) is 12.7 Å². The molecule has 1 fully saturated rings. The lowest BCUT2D eigenvalue weighted by molar-refractivity contribution is -0.124. The zero-order valence-electron chi connectivity index (χ0n) is 15.6. The summed E-state index contributed by atoms with van der Waals surface area (Å²) < 4.78 is 14.3. The maximum absolute atomic E-state index is 14.3. The van der Waals surface area contributed by atoms with Crippen LogP contribution in [0.5, 0.6) is 0 Å². The average Bonchev–Trinajstić information content (AvgIpc) is 2.79. The highest BCUT2D eigenvalue weighted by atomic mass is 35.5. The number of anilines is 1. The topological polar surface area (TPSA) is 32.3 Å². The molecule has 140 valence electrons. The highest BCUT2D eigenvalue weighted by molar-refractivity contribution is 6.32. The lowest BCUT2D eigenvalue weighted by Gasteiger charge is -2.49. The molecule has 1 atom stereocenters. The molecule has 0 unspecified atom stereocenters. The van der Waals surface area contributed by atoms with E-state index in [9.17, 15) is 9.18 Å². The third-order valence-electron chi connectivity index (χ3n) is 5.88. The van der Waals surface area contributed by atoms with E-state index in [2.05, 4.69) is 49.2 Å². The Kier molecular flexibility index (Phi) is 4.08. The minimum Gasteiger partial charge on any atom is -0.344 e. The molecule has 0 bridgehead atoms. The summed E-state index contributed by atoms with van der Waals surface area (Å²) in [6, 6.07) is 11.0. The van der Waals surface area contributed by atoms with Gasteiger partial charge in [0, 0.05) is 29.6 Å². The molecule has 0 aromatic heterocycles. The Balaban J connectivity index is 1.89. The SMILES string of the molecule is Cc1ccc2c(c1)C(C)(C)[C@]1(/C=C/c3c(F)cccc3Cl)NC(=O)CCN21. The fourth-order valence-electron chi connectivity index (χ4n) is 4.34. The molecule has 1 saturated heterocycles. The van der Waals surface area contributed by atoms with E-state index in [0.717, 1.165) is 5.69 Å². The highest BCUT2D eigenvalue weighted by Crippen LogP contribution is 2.52. The Hall–Kier alpha value is -2.33. The van der Waals surface area contributed by atoms with Gasteiger partial charge in [-0.2, -0.15) is 0 Å². The third kappa shape index (κ3) is 2.58. The van der Waals surface area contributed by atoms with Crippen molar-refractivity contribution >= 4 is 29.3 Å². The van der Waals surface area contributed by atoms with Crippen LogP contribution in [0.25, 0.3) is 6.08 Å². The van der Waals surface area contributed by atoms with Gasteiger partial charge in [0.2, 0.25) is 5.91 Å². The van der Waals surface area contributed by atoms with E-state index in [1.54, 1.807) is 18.2 Å². The molecule has 2 heterocycles. The molecule has 2 aliphatic rings. The number of aryl methyl sites for hydroxylation is 1. The Morgan fingerprint density at radius 2 is 2.04 bits per heavy atom. The molecule has 1 amide bonds. The molecule has 2 aliphatic heterocycles. The van der Waals surface area contributed by atoms with Crippen molar-refractivity contribution in [2.45, 2.75) is 38.3 Å². The quantitative estimate of drug-likeness (QED) is 0.805. The monoisotopic (exact) mass is 384 g/mol. The van der Waals surface area contributed by atoms with E-state index in [0.29, 0.717) is 23.6 Å². The number of carbonyl (C=O) groups excluding carboxylic acids is 1. The number of hydrogen-bond donors (Lipinski definition) is 1. The van der Waals surface area contributed by atoms with Crippen LogP contribution >= 0.6 is 11.6 Å². The van der Waals surface area contributed by atoms with E-state index >= 15 is 0 Å². The fourth-order valence-corrected chi connectivity index (χ4v) is 4.57. The lowest BCUT2D eigenvalue weighted by atomic mass is 9.74. The van der Waals surface area contributed by atoms with Crippen molar-refractivity contribution in [2.24, 2.45) is 0 Å². The van der Waals surface area contributed by atoms with E-state index in [4.69, 9.17) is 11.6 Å². The molecule has 4 rings (SSSR count). The predicted octanol–water partition coefficient (Wildman–Crippen LogP) is 4.81. The van der Waals surface area contributed by atoms with E-state index in [1.165, 1.54) is 17.2 Å². The predicted molar refractivity (Wildman–Crippen MR) is 107 cm³/mol. The lowest BCUT2D eigenvalue weighted by Crippen LogP contribution is -2.68. The highest BCUT2D eigenvalue weighted by Gasteiger charge is 2.57. The molecular formula is C22H22ClFN2O. The largest absolute Gasteiger partial charge is 0.344 e. The van der Waals surface area contributed by atoms with Gasteiger partial charge in [0.15, 0.2) is 0 Å². The number of benzene rings is 2. The number of fused-ring (bicyclic) bond motifs is 3. The summed E-state index contributed by atoms with van der Waals surface area (Å²) in [5.41, 5.74) is 2.60. The van der Waals surface area contributed by atoms with Crippen LogP contribution in [-0.2, 0) is 10.2 Å². The van der Waals surface area contributed by atoms with Gasteiger partial charge in [-0.15, -0.1) is 0 Å². The second-order valence-electron chi connectivity index (χ2n) is 7.83. The van der Waals surface area contributed by atoms with Crippen LogP contribution in [0.15, 0.2) is 42.5 Å². The summed E-state index contributed by atoms with van der Waals surface area (Å²) in [6.07, 6.45) is 4.01. The molecule has 0 radical (unpaired) electrons. The molecule has 27 heavy (non-hydrogen) atoms. The Bertz CT molecular complexity index is 949. The van der Waals surface area contributed by atoms with Gasteiger partial charge >= 0.3 is 0 Å². The number of carbonyl (C=O) groups is 1. The van der Waals surface area contributed by atoms with Gasteiger partial charge in [-0.25, -0.2) is 4.39 Å². The molecule has 0 spiro atoms. The maximum Gasteiger partial charge on any atom is 0.223 e. The normalized spacial score (nSPS) is 23.3. The molecular weight excluding hydrogens is 363 g/mol. The number of amides is 1. The van der Waals surface area contributed by atoms with Gasteiger partial charge < -0.3 is 10.2 Å². The standard InChI is InChI=1S/C22H22ClFN2O/c1-14-7-8-19-16(13-14)21(2,3)22(25-20(27)10-12-26(19)22)11-9-15-17(23)5-4-6-18(15)24/h4-9,11,13H,10,12H2,1-3H3,(H,25,27)/b11-9+/t22-/m1/s1. The summed E-state index contributed by atoms with van der Waals surface area (Å²) in [5, 5.41) is 3.54. The van der Waals surface area contributed by atoms with Crippen LogP contribution < -0.4 is 10.2 Å². The minimum absolute atomic E-state index is 0.00636. The summed E-state index contributed by atoms with van der Waals surface area (Å²) in [4.78, 5) is 14.6. The van der Waals surface area contributed by atoms with Crippen molar-refractivity contribution in [3.05, 3.63) is 70.0 Å². The molecule has 1 N–H and O–H groups in total. The number of hydrogen-bond acceptors (Lipinski definition) is 2. The van der Waals surface area contributed by atoms with Crippen LogP contribution in [0.1, 0.15) is 37.0 Å². The first-order valence-electron chi connectivity index (χ1n) is 9.09. The Labute approximate surface area is 163 Å². The Morgan fingerprint density at radius 1 is 1.26 bits per heavy atom. The van der Waals surface area contributed by atoms with Gasteiger partial charge in [-0.1, -0.05) is 55.3 Å². The van der Waals surface area contributed by atoms with Gasteiger partial charge in [0.25, 0.3) is 0 Å². The van der Waals surface area contributed by atoms with Gasteiger partial charge in [0.05, 0.1) is 5.02 Å². The number of rotatable bonds is 2. The zero-order valence-corrected chi connectivity index (χ0v) is 16.4. The molecule has 2 aromatic rings. The van der Waals surface area contributed by atoms with Crippen LogP contribution in [0.3, 0.4) is 0 Å². The van der Waals surface area contributed by atoms with Crippen molar-refractivity contribution in [2.75, 3.05) is 11.4 Å².